The van der Waals surface area contributed by atoms with Gasteiger partial charge in [0.1, 0.15) is 17.8 Å². The predicted molar refractivity (Wildman–Crippen MR) is 132 cm³/mol. The number of fused-ring (bicyclic) bond motifs is 1. The van der Waals surface area contributed by atoms with Crippen LogP contribution in [0.4, 0.5) is 19.0 Å². The van der Waals surface area contributed by atoms with Crippen molar-refractivity contribution in [3.63, 3.8) is 0 Å². The van der Waals surface area contributed by atoms with Crippen molar-refractivity contribution in [3.05, 3.63) is 53.5 Å². The van der Waals surface area contributed by atoms with E-state index in [0.29, 0.717) is 44.7 Å². The van der Waals surface area contributed by atoms with Crippen LogP contribution >= 0.6 is 0 Å². The van der Waals surface area contributed by atoms with Crippen molar-refractivity contribution in [2.24, 2.45) is 0 Å². The van der Waals surface area contributed by atoms with Crippen molar-refractivity contribution in [3.8, 4) is 0 Å². The minimum absolute atomic E-state index is 0.00301. The predicted octanol–water partition coefficient (Wildman–Crippen LogP) is 2.55. The summed E-state index contributed by atoms with van der Waals surface area (Å²) in [6.07, 6.45) is -0.758. The molecule has 0 bridgehead atoms. The van der Waals surface area contributed by atoms with E-state index in [-0.39, 0.29) is 30.2 Å². The Bertz CT molecular complexity index is 1090. The Balaban J connectivity index is 1.14. The van der Waals surface area contributed by atoms with E-state index in [2.05, 4.69) is 38.4 Å². The molecule has 0 unspecified atom stereocenters. The highest BCUT2D eigenvalue weighted by Crippen LogP contribution is 2.26. The van der Waals surface area contributed by atoms with E-state index in [1.165, 1.54) is 22.4 Å². The number of halogens is 3. The monoisotopic (exact) mass is 518 g/mol. The van der Waals surface area contributed by atoms with Gasteiger partial charge in [-0.05, 0) is 36.8 Å². The number of benzene rings is 1. The van der Waals surface area contributed by atoms with Crippen molar-refractivity contribution in [2.45, 2.75) is 56.6 Å². The number of carbonyl (C=O) groups is 1. The molecular formula is C26H33F3N6O2. The lowest BCUT2D eigenvalue weighted by atomic mass is 9.94. The molecule has 3 aliphatic rings. The van der Waals surface area contributed by atoms with Gasteiger partial charge in [0.2, 0.25) is 0 Å². The number of nitrogens with one attached hydrogen (secondary N) is 1. The van der Waals surface area contributed by atoms with Gasteiger partial charge in [-0.2, -0.15) is 13.2 Å². The summed E-state index contributed by atoms with van der Waals surface area (Å²) in [5, 5.41) is 14.2. The third-order valence-electron chi connectivity index (χ3n) is 7.69. The zero-order valence-electron chi connectivity index (χ0n) is 20.7. The summed E-state index contributed by atoms with van der Waals surface area (Å²) in [5.74, 6) is 0.224. The van der Waals surface area contributed by atoms with Crippen LogP contribution in [0.25, 0.3) is 0 Å². The smallest absolute Gasteiger partial charge is 0.390 e. The molecule has 200 valence electrons. The lowest BCUT2D eigenvalue weighted by Crippen LogP contribution is -2.56. The summed E-state index contributed by atoms with van der Waals surface area (Å²) >= 11 is 0. The van der Waals surface area contributed by atoms with Crippen LogP contribution in [0.15, 0.2) is 36.7 Å². The van der Waals surface area contributed by atoms with Gasteiger partial charge in [-0.25, -0.2) is 9.97 Å². The standard InChI is InChI=1S/C26H33F3N6O2/c27-26(28,29)16-33-9-6-20(7-10-33)32-24-13-21(30-17-31-24)25(37)35-12-8-22(23(36)15-35)34-11-5-18-3-1-2-4-19(18)14-34/h1-4,13,17,20,22-23,36H,5-12,14-16H2,(H,30,31,32)/t22-,23-/m0/s1. The lowest BCUT2D eigenvalue weighted by Gasteiger charge is -2.43. The number of aliphatic hydroxyl groups is 1. The van der Waals surface area contributed by atoms with Gasteiger partial charge in [0.25, 0.3) is 5.91 Å². The van der Waals surface area contributed by atoms with E-state index in [4.69, 9.17) is 0 Å². The van der Waals surface area contributed by atoms with E-state index in [1.54, 1.807) is 11.0 Å². The van der Waals surface area contributed by atoms with Crippen molar-refractivity contribution in [1.82, 2.24) is 24.7 Å². The zero-order valence-corrected chi connectivity index (χ0v) is 20.7. The maximum atomic E-state index is 13.2. The molecule has 0 radical (unpaired) electrons. The number of carbonyl (C=O) groups excluding carboxylic acids is 1. The number of aliphatic hydroxyl groups excluding tert-OH is 1. The Kier molecular flexibility index (Phi) is 7.64. The normalized spacial score (nSPS) is 24.1. The van der Waals surface area contributed by atoms with Gasteiger partial charge in [-0.15, -0.1) is 0 Å². The van der Waals surface area contributed by atoms with Gasteiger partial charge < -0.3 is 15.3 Å². The van der Waals surface area contributed by atoms with Crippen molar-refractivity contribution in [1.29, 1.82) is 0 Å². The number of amides is 1. The van der Waals surface area contributed by atoms with Crippen molar-refractivity contribution >= 4 is 11.7 Å². The fourth-order valence-corrected chi connectivity index (χ4v) is 5.74. The second-order valence-corrected chi connectivity index (χ2v) is 10.3. The molecule has 5 rings (SSSR count). The lowest BCUT2D eigenvalue weighted by molar-refractivity contribution is -0.147. The molecule has 2 atom stereocenters. The molecule has 0 aliphatic carbocycles. The molecule has 0 saturated carbocycles. The number of nitrogens with zero attached hydrogens (tertiary/aromatic N) is 5. The number of hydrogen-bond acceptors (Lipinski definition) is 7. The van der Waals surface area contributed by atoms with Gasteiger partial charge in [0.05, 0.1) is 12.6 Å². The third-order valence-corrected chi connectivity index (χ3v) is 7.69. The molecule has 2 fully saturated rings. The summed E-state index contributed by atoms with van der Waals surface area (Å²) in [7, 11) is 0. The number of piperidine rings is 2. The number of rotatable bonds is 5. The van der Waals surface area contributed by atoms with Crippen molar-refractivity contribution in [2.75, 3.05) is 44.6 Å². The summed E-state index contributed by atoms with van der Waals surface area (Å²) in [5.41, 5.74) is 2.90. The maximum absolute atomic E-state index is 13.2. The quantitative estimate of drug-likeness (QED) is 0.630. The van der Waals surface area contributed by atoms with Crippen LogP contribution in [0.5, 0.6) is 0 Å². The Labute approximate surface area is 214 Å². The molecule has 3 aliphatic heterocycles. The highest BCUT2D eigenvalue weighted by molar-refractivity contribution is 5.93. The average Bonchev–Trinajstić information content (AvgIpc) is 2.88. The Morgan fingerprint density at radius 3 is 2.54 bits per heavy atom. The van der Waals surface area contributed by atoms with Gasteiger partial charge in [-0.1, -0.05) is 24.3 Å². The van der Waals surface area contributed by atoms with Crippen LogP contribution in [-0.2, 0) is 13.0 Å². The highest BCUT2D eigenvalue weighted by atomic mass is 19.4. The molecule has 1 aromatic heterocycles. The zero-order chi connectivity index (χ0) is 26.0. The van der Waals surface area contributed by atoms with Crippen LogP contribution in [0.3, 0.4) is 0 Å². The number of hydrogen-bond donors (Lipinski definition) is 2. The fraction of sp³-hybridized carbons (Fsp3) is 0.577. The van der Waals surface area contributed by atoms with E-state index in [0.717, 1.165) is 19.5 Å². The van der Waals surface area contributed by atoms with E-state index >= 15 is 0 Å². The second-order valence-electron chi connectivity index (χ2n) is 10.3. The van der Waals surface area contributed by atoms with E-state index in [1.807, 2.05) is 6.07 Å². The first-order valence-corrected chi connectivity index (χ1v) is 12.9. The minimum atomic E-state index is -4.19. The first kappa shape index (κ1) is 25.9. The molecule has 11 heteroatoms. The maximum Gasteiger partial charge on any atom is 0.401 e. The van der Waals surface area contributed by atoms with Crippen LogP contribution < -0.4 is 5.32 Å². The summed E-state index contributed by atoms with van der Waals surface area (Å²) < 4.78 is 37.9. The molecule has 2 N–H and O–H groups in total. The minimum Gasteiger partial charge on any atom is -0.390 e. The number of alkyl halides is 3. The van der Waals surface area contributed by atoms with E-state index < -0.39 is 18.8 Å². The molecule has 4 heterocycles. The molecule has 1 aromatic carbocycles. The van der Waals surface area contributed by atoms with Crippen LogP contribution in [0.2, 0.25) is 0 Å². The molecule has 1 amide bonds. The summed E-state index contributed by atoms with van der Waals surface area (Å²) in [6.45, 7) is 2.28. The van der Waals surface area contributed by atoms with Gasteiger partial charge in [0.15, 0.2) is 0 Å². The molecule has 2 aromatic rings. The van der Waals surface area contributed by atoms with Crippen molar-refractivity contribution < 1.29 is 23.1 Å². The van der Waals surface area contributed by atoms with Crippen LogP contribution in [0.1, 0.15) is 40.9 Å². The molecule has 0 spiro atoms. The highest BCUT2D eigenvalue weighted by Gasteiger charge is 2.36. The number of β-amino-alcohol motifs (C(OH)–C–C–N with tert-alkyl or cyclic N) is 1. The third kappa shape index (κ3) is 6.39. The first-order valence-electron chi connectivity index (χ1n) is 12.9. The largest absolute Gasteiger partial charge is 0.401 e. The number of likely N-dealkylation sites (tertiary alicyclic amines) is 2. The topological polar surface area (TPSA) is 84.8 Å². The Hall–Kier alpha value is -2.76. The van der Waals surface area contributed by atoms with Crippen LogP contribution in [-0.4, -0.2) is 99.3 Å². The first-order chi connectivity index (χ1) is 17.7. The van der Waals surface area contributed by atoms with Crippen LogP contribution in [0, 0.1) is 0 Å². The second kappa shape index (κ2) is 10.9. The molecule has 37 heavy (non-hydrogen) atoms. The average molecular weight is 519 g/mol. The van der Waals surface area contributed by atoms with Gasteiger partial charge >= 0.3 is 6.18 Å². The summed E-state index contributed by atoms with van der Waals surface area (Å²) in [4.78, 5) is 26.9. The molecule has 8 nitrogen and oxygen atoms in total. The van der Waals surface area contributed by atoms with Gasteiger partial charge in [0, 0.05) is 57.4 Å². The molecular weight excluding hydrogens is 485 g/mol. The SMILES string of the molecule is O=C(c1cc(NC2CCN(CC(F)(F)F)CC2)ncn1)N1CC[C@H](N2CCc3ccccc3C2)[C@@H](O)C1. The Morgan fingerprint density at radius 2 is 1.81 bits per heavy atom. The summed E-state index contributed by atoms with van der Waals surface area (Å²) in [6, 6.07) is 9.97. The van der Waals surface area contributed by atoms with E-state index in [9.17, 15) is 23.1 Å². The fourth-order valence-electron chi connectivity index (χ4n) is 5.74. The number of aromatic nitrogens is 2. The Morgan fingerprint density at radius 1 is 1.05 bits per heavy atom. The number of anilines is 1. The molecule has 2 saturated heterocycles. The van der Waals surface area contributed by atoms with Gasteiger partial charge in [-0.3, -0.25) is 14.6 Å².